The fraction of sp³-hybridized carbons (Fsp3) is 0.250. The van der Waals surface area contributed by atoms with Gasteiger partial charge in [0.1, 0.15) is 11.6 Å². The molecular weight excluding hydrogens is 374 g/mol. The van der Waals surface area contributed by atoms with Gasteiger partial charge in [-0.15, -0.1) is 0 Å². The third kappa shape index (κ3) is 2.83. The number of nitrogen functional groups attached to an aromatic ring is 2. The molecular formula is C24H25N5O. The highest BCUT2D eigenvalue weighted by molar-refractivity contribution is 6.05. The lowest BCUT2D eigenvalue weighted by Gasteiger charge is -2.18. The van der Waals surface area contributed by atoms with Gasteiger partial charge in [0.15, 0.2) is 0 Å². The van der Waals surface area contributed by atoms with E-state index in [1.54, 1.807) is 0 Å². The molecule has 0 fully saturated rings. The molecule has 0 amide bonds. The summed E-state index contributed by atoms with van der Waals surface area (Å²) in [4.78, 5) is 10.8. The average Bonchev–Trinajstić information content (AvgIpc) is 3.08. The highest BCUT2D eigenvalue weighted by atomic mass is 16.5. The summed E-state index contributed by atoms with van der Waals surface area (Å²) >= 11 is 0. The van der Waals surface area contributed by atoms with E-state index in [0.29, 0.717) is 17.9 Å². The van der Waals surface area contributed by atoms with Crippen molar-refractivity contribution >= 4 is 33.4 Å². The standard InChI is InChI=1S/C24H25N5O/c1-13-12-30-22-20(13)18(10-19-21(22)23(25)28-24(26)27-19)17-9-8-14(11-29(2)3)15-6-4-5-7-16(15)17/h4-10,13H,11-12H2,1-3H3,(H4,25,26,27,28). The van der Waals surface area contributed by atoms with Crippen molar-refractivity contribution in [3.8, 4) is 16.9 Å². The molecule has 0 saturated carbocycles. The van der Waals surface area contributed by atoms with Gasteiger partial charge in [-0.1, -0.05) is 43.3 Å². The minimum absolute atomic E-state index is 0.170. The Hall–Kier alpha value is -3.38. The summed E-state index contributed by atoms with van der Waals surface area (Å²) in [6, 6.07) is 15.1. The van der Waals surface area contributed by atoms with E-state index in [1.165, 1.54) is 21.9 Å². The van der Waals surface area contributed by atoms with Gasteiger partial charge in [-0.2, -0.15) is 4.98 Å². The quantitative estimate of drug-likeness (QED) is 0.537. The summed E-state index contributed by atoms with van der Waals surface area (Å²) in [5.41, 5.74) is 17.6. The smallest absolute Gasteiger partial charge is 0.222 e. The van der Waals surface area contributed by atoms with Crippen LogP contribution in [0, 0.1) is 0 Å². The van der Waals surface area contributed by atoms with Gasteiger partial charge in [0.05, 0.1) is 17.5 Å². The van der Waals surface area contributed by atoms with E-state index in [-0.39, 0.29) is 11.9 Å². The molecule has 0 aliphatic carbocycles. The lowest BCUT2D eigenvalue weighted by atomic mass is 9.87. The number of hydrogen-bond donors (Lipinski definition) is 2. The van der Waals surface area contributed by atoms with Crippen LogP contribution in [-0.2, 0) is 6.54 Å². The molecule has 6 nitrogen and oxygen atoms in total. The Morgan fingerprint density at radius 1 is 1.03 bits per heavy atom. The fourth-order valence-corrected chi connectivity index (χ4v) is 4.55. The van der Waals surface area contributed by atoms with E-state index in [1.807, 2.05) is 0 Å². The molecule has 0 bridgehead atoms. The van der Waals surface area contributed by atoms with E-state index in [0.717, 1.165) is 28.8 Å². The monoisotopic (exact) mass is 399 g/mol. The number of hydrogen-bond acceptors (Lipinski definition) is 6. The molecule has 0 radical (unpaired) electrons. The van der Waals surface area contributed by atoms with Gasteiger partial charge in [-0.05, 0) is 47.6 Å². The van der Waals surface area contributed by atoms with Crippen LogP contribution in [0.2, 0.25) is 0 Å². The van der Waals surface area contributed by atoms with E-state index < -0.39 is 0 Å². The number of rotatable bonds is 3. The summed E-state index contributed by atoms with van der Waals surface area (Å²) in [6.07, 6.45) is 0. The summed E-state index contributed by atoms with van der Waals surface area (Å²) in [5.74, 6) is 1.56. The molecule has 1 unspecified atom stereocenters. The first-order chi connectivity index (χ1) is 14.4. The van der Waals surface area contributed by atoms with E-state index in [9.17, 15) is 0 Å². The van der Waals surface area contributed by atoms with Crippen LogP contribution in [0.4, 0.5) is 11.8 Å². The second kappa shape index (κ2) is 6.85. The number of nitrogens with zero attached hydrogens (tertiary/aromatic N) is 3. The largest absolute Gasteiger partial charge is 0.492 e. The van der Waals surface area contributed by atoms with Crippen molar-refractivity contribution in [2.24, 2.45) is 0 Å². The molecule has 0 saturated heterocycles. The maximum atomic E-state index is 6.21. The van der Waals surface area contributed by atoms with E-state index >= 15 is 0 Å². The number of ether oxygens (including phenoxy) is 1. The van der Waals surface area contributed by atoms with Crippen molar-refractivity contribution in [3.05, 3.63) is 53.6 Å². The zero-order valence-electron chi connectivity index (χ0n) is 17.4. The maximum Gasteiger partial charge on any atom is 0.222 e. The van der Waals surface area contributed by atoms with Gasteiger partial charge in [-0.25, -0.2) is 4.98 Å². The molecule has 1 aliphatic rings. The zero-order chi connectivity index (χ0) is 21.0. The Bertz CT molecular complexity index is 1300. The van der Waals surface area contributed by atoms with Crippen LogP contribution in [-0.4, -0.2) is 35.6 Å². The highest BCUT2D eigenvalue weighted by Gasteiger charge is 2.29. The predicted octanol–water partition coefficient (Wildman–Crippen LogP) is 4.17. The van der Waals surface area contributed by atoms with Gasteiger partial charge in [0.2, 0.25) is 5.95 Å². The lowest BCUT2D eigenvalue weighted by Crippen LogP contribution is -2.11. The van der Waals surface area contributed by atoms with Crippen LogP contribution < -0.4 is 16.2 Å². The molecule has 2 heterocycles. The first-order valence-corrected chi connectivity index (χ1v) is 10.1. The fourth-order valence-electron chi connectivity index (χ4n) is 4.55. The maximum absolute atomic E-state index is 6.21. The van der Waals surface area contributed by atoms with Crippen molar-refractivity contribution in [1.82, 2.24) is 14.9 Å². The summed E-state index contributed by atoms with van der Waals surface area (Å²) in [7, 11) is 4.18. The van der Waals surface area contributed by atoms with Gasteiger partial charge in [0.25, 0.3) is 0 Å². The van der Waals surface area contributed by atoms with Gasteiger partial charge < -0.3 is 21.1 Å². The lowest BCUT2D eigenvalue weighted by molar-refractivity contribution is 0.340. The Labute approximate surface area is 175 Å². The Morgan fingerprint density at radius 3 is 2.57 bits per heavy atom. The topological polar surface area (TPSA) is 90.3 Å². The third-order valence-electron chi connectivity index (χ3n) is 5.79. The third-order valence-corrected chi connectivity index (χ3v) is 5.79. The molecule has 1 aromatic heterocycles. The molecule has 3 aromatic carbocycles. The highest BCUT2D eigenvalue weighted by Crippen LogP contribution is 2.48. The normalized spacial score (nSPS) is 15.7. The Kier molecular flexibility index (Phi) is 4.25. The molecule has 0 spiro atoms. The summed E-state index contributed by atoms with van der Waals surface area (Å²) in [6.45, 7) is 3.68. The minimum Gasteiger partial charge on any atom is -0.492 e. The first-order valence-electron chi connectivity index (χ1n) is 10.1. The van der Waals surface area contributed by atoms with Crippen LogP contribution in [0.1, 0.15) is 24.0 Å². The Morgan fingerprint density at radius 2 is 1.80 bits per heavy atom. The SMILES string of the molecule is CC1COc2c1c(-c1ccc(CN(C)C)c3ccccc13)cc1nc(N)nc(N)c21. The second-order valence-corrected chi connectivity index (χ2v) is 8.30. The zero-order valence-corrected chi connectivity index (χ0v) is 17.4. The van der Waals surface area contributed by atoms with E-state index in [2.05, 4.69) is 78.4 Å². The number of nitrogens with two attached hydrogens (primary N) is 2. The van der Waals surface area contributed by atoms with Crippen molar-refractivity contribution in [2.75, 3.05) is 32.2 Å². The number of anilines is 2. The number of benzene rings is 3. The molecule has 152 valence electrons. The van der Waals surface area contributed by atoms with Crippen molar-refractivity contribution < 1.29 is 4.74 Å². The van der Waals surface area contributed by atoms with Crippen LogP contribution in [0.25, 0.3) is 32.8 Å². The van der Waals surface area contributed by atoms with Gasteiger partial charge in [-0.3, -0.25) is 0 Å². The van der Waals surface area contributed by atoms with Gasteiger partial charge >= 0.3 is 0 Å². The molecule has 1 aliphatic heterocycles. The first kappa shape index (κ1) is 18.6. The van der Waals surface area contributed by atoms with Gasteiger partial charge in [0, 0.05) is 18.0 Å². The molecule has 1 atom stereocenters. The van der Waals surface area contributed by atoms with Crippen molar-refractivity contribution in [1.29, 1.82) is 0 Å². The molecule has 6 heteroatoms. The molecule has 30 heavy (non-hydrogen) atoms. The Balaban J connectivity index is 1.85. The van der Waals surface area contributed by atoms with E-state index in [4.69, 9.17) is 16.2 Å². The average molecular weight is 399 g/mol. The van der Waals surface area contributed by atoms with Crippen molar-refractivity contribution in [3.63, 3.8) is 0 Å². The van der Waals surface area contributed by atoms with Crippen LogP contribution >= 0.6 is 0 Å². The number of fused-ring (bicyclic) bond motifs is 4. The molecule has 4 N–H and O–H groups in total. The van der Waals surface area contributed by atoms with Crippen LogP contribution in [0.5, 0.6) is 5.75 Å². The summed E-state index contributed by atoms with van der Waals surface area (Å²) < 4.78 is 6.09. The van der Waals surface area contributed by atoms with Crippen LogP contribution in [0.15, 0.2) is 42.5 Å². The number of aromatic nitrogens is 2. The second-order valence-electron chi connectivity index (χ2n) is 8.30. The van der Waals surface area contributed by atoms with Crippen molar-refractivity contribution in [2.45, 2.75) is 19.4 Å². The molecule has 5 rings (SSSR count). The minimum atomic E-state index is 0.170. The predicted molar refractivity (Wildman–Crippen MR) is 123 cm³/mol. The molecule has 4 aromatic rings. The van der Waals surface area contributed by atoms with Crippen LogP contribution in [0.3, 0.4) is 0 Å². The summed E-state index contributed by atoms with van der Waals surface area (Å²) in [5, 5.41) is 3.22.